The molecular formula is C20H26N4O3. The molecule has 0 bridgehead atoms. The Balaban J connectivity index is 1.52. The SMILES string of the molecule is COCCN1C[C@@H](CNC(=O)N(C)Cc2cccc3cnccc23)CC1=O. The van der Waals surface area contributed by atoms with Gasteiger partial charge in [-0.15, -0.1) is 0 Å². The first-order valence-corrected chi connectivity index (χ1v) is 9.15. The van der Waals surface area contributed by atoms with E-state index in [0.717, 1.165) is 16.3 Å². The second-order valence-electron chi connectivity index (χ2n) is 6.96. The monoisotopic (exact) mass is 370 g/mol. The molecule has 0 aliphatic carbocycles. The summed E-state index contributed by atoms with van der Waals surface area (Å²) in [6.45, 7) is 2.82. The van der Waals surface area contributed by atoms with Crippen molar-refractivity contribution in [1.29, 1.82) is 0 Å². The predicted molar refractivity (Wildman–Crippen MR) is 103 cm³/mol. The van der Waals surface area contributed by atoms with E-state index in [4.69, 9.17) is 4.74 Å². The number of hydrogen-bond donors (Lipinski definition) is 1. The molecule has 1 aliphatic rings. The van der Waals surface area contributed by atoms with Crippen LogP contribution in [-0.4, -0.2) is 67.1 Å². The van der Waals surface area contributed by atoms with Crippen LogP contribution in [0.1, 0.15) is 12.0 Å². The van der Waals surface area contributed by atoms with Crippen molar-refractivity contribution in [3.8, 4) is 0 Å². The van der Waals surface area contributed by atoms with E-state index in [1.807, 2.05) is 30.5 Å². The maximum Gasteiger partial charge on any atom is 0.317 e. The van der Waals surface area contributed by atoms with Crippen LogP contribution in [0.4, 0.5) is 4.79 Å². The van der Waals surface area contributed by atoms with Gasteiger partial charge in [0.25, 0.3) is 0 Å². The van der Waals surface area contributed by atoms with Crippen molar-refractivity contribution in [2.24, 2.45) is 5.92 Å². The van der Waals surface area contributed by atoms with Gasteiger partial charge in [0.05, 0.1) is 6.61 Å². The summed E-state index contributed by atoms with van der Waals surface area (Å²) in [7, 11) is 3.40. The molecule has 1 saturated heterocycles. The molecular weight excluding hydrogens is 344 g/mol. The number of rotatable bonds is 7. The zero-order valence-electron chi connectivity index (χ0n) is 15.9. The number of carbonyl (C=O) groups excluding carboxylic acids is 2. The van der Waals surface area contributed by atoms with Gasteiger partial charge in [-0.3, -0.25) is 9.78 Å². The van der Waals surface area contributed by atoms with Crippen molar-refractivity contribution in [1.82, 2.24) is 20.1 Å². The number of amides is 3. The maximum absolute atomic E-state index is 12.5. The third-order valence-corrected chi connectivity index (χ3v) is 4.93. The molecule has 27 heavy (non-hydrogen) atoms. The highest BCUT2D eigenvalue weighted by Gasteiger charge is 2.29. The number of fused-ring (bicyclic) bond motifs is 1. The molecule has 1 N–H and O–H groups in total. The normalized spacial score (nSPS) is 16.7. The van der Waals surface area contributed by atoms with Gasteiger partial charge in [0, 0.05) is 70.5 Å². The first-order chi connectivity index (χ1) is 13.1. The van der Waals surface area contributed by atoms with Crippen LogP contribution in [0, 0.1) is 5.92 Å². The third kappa shape index (κ3) is 4.74. The minimum atomic E-state index is -0.135. The Hall–Kier alpha value is -2.67. The van der Waals surface area contributed by atoms with Crippen molar-refractivity contribution in [3.05, 3.63) is 42.2 Å². The topological polar surface area (TPSA) is 74.8 Å². The van der Waals surface area contributed by atoms with Gasteiger partial charge in [-0.05, 0) is 17.0 Å². The summed E-state index contributed by atoms with van der Waals surface area (Å²) >= 11 is 0. The zero-order valence-corrected chi connectivity index (χ0v) is 15.9. The van der Waals surface area contributed by atoms with E-state index in [1.165, 1.54) is 0 Å². The van der Waals surface area contributed by atoms with Crippen LogP contribution in [0.3, 0.4) is 0 Å². The number of carbonyl (C=O) groups is 2. The molecule has 1 aromatic carbocycles. The lowest BCUT2D eigenvalue weighted by Crippen LogP contribution is -2.39. The molecule has 7 nitrogen and oxygen atoms in total. The first kappa shape index (κ1) is 19.1. The number of ether oxygens (including phenoxy) is 1. The lowest BCUT2D eigenvalue weighted by molar-refractivity contribution is -0.128. The minimum absolute atomic E-state index is 0.129. The van der Waals surface area contributed by atoms with Crippen molar-refractivity contribution >= 4 is 22.7 Å². The summed E-state index contributed by atoms with van der Waals surface area (Å²) in [6.07, 6.45) is 4.06. The number of methoxy groups -OCH3 is 1. The van der Waals surface area contributed by atoms with Gasteiger partial charge in [0.15, 0.2) is 0 Å². The van der Waals surface area contributed by atoms with E-state index in [-0.39, 0.29) is 17.9 Å². The smallest absolute Gasteiger partial charge is 0.317 e. The molecule has 1 aliphatic heterocycles. The number of nitrogens with zero attached hydrogens (tertiary/aromatic N) is 3. The molecule has 1 aromatic heterocycles. The molecule has 0 saturated carbocycles. The number of urea groups is 1. The van der Waals surface area contributed by atoms with Gasteiger partial charge in [0.2, 0.25) is 5.91 Å². The van der Waals surface area contributed by atoms with Crippen LogP contribution < -0.4 is 5.32 Å². The predicted octanol–water partition coefficient (Wildman–Crippen LogP) is 1.87. The fourth-order valence-corrected chi connectivity index (χ4v) is 3.43. The number of pyridine rings is 1. The second kappa shape index (κ2) is 8.81. The molecule has 7 heteroatoms. The lowest BCUT2D eigenvalue weighted by atomic mass is 10.1. The minimum Gasteiger partial charge on any atom is -0.383 e. The van der Waals surface area contributed by atoms with Crippen molar-refractivity contribution in [3.63, 3.8) is 0 Å². The van der Waals surface area contributed by atoms with Crippen molar-refractivity contribution in [2.45, 2.75) is 13.0 Å². The fraction of sp³-hybridized carbons (Fsp3) is 0.450. The molecule has 0 radical (unpaired) electrons. The Kier molecular flexibility index (Phi) is 6.24. The highest BCUT2D eigenvalue weighted by Crippen LogP contribution is 2.19. The molecule has 144 valence electrons. The van der Waals surface area contributed by atoms with Crippen LogP contribution in [0.15, 0.2) is 36.7 Å². The number of hydrogen-bond acceptors (Lipinski definition) is 4. The van der Waals surface area contributed by atoms with Crippen LogP contribution in [-0.2, 0) is 16.1 Å². The molecule has 3 rings (SSSR count). The summed E-state index contributed by atoms with van der Waals surface area (Å²) in [4.78, 5) is 32.0. The standard InChI is InChI=1S/C20H26N4O3/c1-23(14-17-5-3-4-16-12-21-7-6-18(16)17)20(26)22-11-15-10-19(25)24(13-15)8-9-27-2/h3-7,12,15H,8-11,13-14H2,1-2H3,(H,22,26)/t15-/m1/s1. The van der Waals surface area contributed by atoms with Crippen LogP contribution in [0.2, 0.25) is 0 Å². The maximum atomic E-state index is 12.5. The Bertz CT molecular complexity index is 805. The zero-order chi connectivity index (χ0) is 19.2. The Morgan fingerprint density at radius 1 is 1.41 bits per heavy atom. The quantitative estimate of drug-likeness (QED) is 0.807. The molecule has 2 aromatic rings. The highest BCUT2D eigenvalue weighted by molar-refractivity contribution is 5.85. The summed E-state index contributed by atoms with van der Waals surface area (Å²) in [5.41, 5.74) is 1.08. The first-order valence-electron chi connectivity index (χ1n) is 9.15. The number of aromatic nitrogens is 1. The molecule has 3 amide bonds. The van der Waals surface area contributed by atoms with Gasteiger partial charge in [-0.2, -0.15) is 0 Å². The van der Waals surface area contributed by atoms with Gasteiger partial charge in [-0.25, -0.2) is 4.79 Å². The number of nitrogens with one attached hydrogen (secondary N) is 1. The average molecular weight is 370 g/mol. The van der Waals surface area contributed by atoms with Gasteiger partial charge >= 0.3 is 6.03 Å². The van der Waals surface area contributed by atoms with Gasteiger partial charge in [-0.1, -0.05) is 18.2 Å². The van der Waals surface area contributed by atoms with Crippen LogP contribution >= 0.6 is 0 Å². The average Bonchev–Trinajstić information content (AvgIpc) is 3.04. The third-order valence-electron chi connectivity index (χ3n) is 4.93. The van der Waals surface area contributed by atoms with E-state index in [2.05, 4.69) is 10.3 Å². The summed E-state index contributed by atoms with van der Waals surface area (Å²) < 4.78 is 5.03. The van der Waals surface area contributed by atoms with Crippen molar-refractivity contribution in [2.75, 3.05) is 40.4 Å². The van der Waals surface area contributed by atoms with E-state index < -0.39 is 0 Å². The summed E-state index contributed by atoms with van der Waals surface area (Å²) in [6, 6.07) is 7.84. The fourth-order valence-electron chi connectivity index (χ4n) is 3.43. The number of likely N-dealkylation sites (tertiary alicyclic amines) is 1. The molecule has 1 atom stereocenters. The largest absolute Gasteiger partial charge is 0.383 e. The Morgan fingerprint density at radius 2 is 2.26 bits per heavy atom. The number of benzene rings is 1. The molecule has 1 fully saturated rings. The molecule has 2 heterocycles. The van der Waals surface area contributed by atoms with E-state index in [1.54, 1.807) is 30.2 Å². The van der Waals surface area contributed by atoms with Crippen molar-refractivity contribution < 1.29 is 14.3 Å². The second-order valence-corrected chi connectivity index (χ2v) is 6.96. The Labute approximate surface area is 159 Å². The molecule has 0 unspecified atom stereocenters. The summed E-state index contributed by atoms with van der Waals surface area (Å²) in [5, 5.41) is 5.11. The highest BCUT2D eigenvalue weighted by atomic mass is 16.5. The Morgan fingerprint density at radius 3 is 3.07 bits per heavy atom. The van der Waals surface area contributed by atoms with E-state index in [0.29, 0.717) is 39.2 Å². The van der Waals surface area contributed by atoms with E-state index in [9.17, 15) is 9.59 Å². The summed E-state index contributed by atoms with van der Waals surface area (Å²) in [5.74, 6) is 0.277. The van der Waals surface area contributed by atoms with Gasteiger partial charge in [0.1, 0.15) is 0 Å². The molecule has 0 spiro atoms. The van der Waals surface area contributed by atoms with Crippen LogP contribution in [0.25, 0.3) is 10.8 Å². The lowest BCUT2D eigenvalue weighted by Gasteiger charge is -2.20. The van der Waals surface area contributed by atoms with E-state index >= 15 is 0 Å². The van der Waals surface area contributed by atoms with Crippen LogP contribution in [0.5, 0.6) is 0 Å². The van der Waals surface area contributed by atoms with Gasteiger partial charge < -0.3 is 19.9 Å².